The molecule has 9 N–H and O–H groups in total. The maximum Gasteiger partial charge on any atom is 0.325 e. The van der Waals surface area contributed by atoms with Gasteiger partial charge >= 0.3 is 5.97 Å². The van der Waals surface area contributed by atoms with Crippen molar-refractivity contribution in [3.05, 3.63) is 29.8 Å². The standard InChI is InChI=1S/C22H33N5O7/c1-11(2)18(21(32)25-12(3)22(33)34)27-20(31)16(10-13-4-6-14(28)7-5-13)26-19(30)15(23)8-9-17(24)29/h4-7,11-12,15-16,18,28H,8-10,23H2,1-3H3,(H2,24,29)(H,25,32)(H,26,30)(H,27,31)(H,33,34). The number of nitrogens with two attached hydrogens (primary N) is 2. The van der Waals surface area contributed by atoms with Crippen LogP contribution in [0.5, 0.6) is 5.75 Å². The molecule has 4 unspecified atom stereocenters. The molecule has 4 atom stereocenters. The quantitative estimate of drug-likeness (QED) is 0.181. The molecule has 0 spiro atoms. The zero-order valence-corrected chi connectivity index (χ0v) is 19.4. The summed E-state index contributed by atoms with van der Waals surface area (Å²) < 4.78 is 0. The van der Waals surface area contributed by atoms with E-state index in [0.717, 1.165) is 0 Å². The number of benzene rings is 1. The molecule has 1 aromatic rings. The van der Waals surface area contributed by atoms with Crippen LogP contribution in [0.3, 0.4) is 0 Å². The number of primary amides is 1. The summed E-state index contributed by atoms with van der Waals surface area (Å²) in [5, 5.41) is 25.9. The third-order valence-corrected chi connectivity index (χ3v) is 5.02. The van der Waals surface area contributed by atoms with Crippen LogP contribution in [-0.2, 0) is 30.4 Å². The van der Waals surface area contributed by atoms with Gasteiger partial charge in [0.25, 0.3) is 0 Å². The molecule has 0 fully saturated rings. The van der Waals surface area contributed by atoms with Crippen LogP contribution in [0.4, 0.5) is 0 Å². The van der Waals surface area contributed by atoms with Gasteiger partial charge in [-0.25, -0.2) is 0 Å². The third kappa shape index (κ3) is 9.45. The van der Waals surface area contributed by atoms with Crippen molar-refractivity contribution in [2.75, 3.05) is 0 Å². The molecule has 12 nitrogen and oxygen atoms in total. The zero-order valence-electron chi connectivity index (χ0n) is 19.4. The predicted octanol–water partition coefficient (Wildman–Crippen LogP) is -1.26. The summed E-state index contributed by atoms with van der Waals surface area (Å²) in [6.07, 6.45) is -0.113. The van der Waals surface area contributed by atoms with E-state index >= 15 is 0 Å². The maximum atomic E-state index is 13.1. The number of nitrogens with one attached hydrogen (secondary N) is 3. The molecular weight excluding hydrogens is 446 g/mol. The number of hydrogen-bond donors (Lipinski definition) is 7. The van der Waals surface area contributed by atoms with E-state index in [1.54, 1.807) is 26.0 Å². The maximum absolute atomic E-state index is 13.1. The normalized spacial score (nSPS) is 14.4. The Balaban J connectivity index is 3.05. The summed E-state index contributed by atoms with van der Waals surface area (Å²) in [4.78, 5) is 60.2. The molecule has 0 aliphatic carbocycles. The molecule has 12 heteroatoms. The van der Waals surface area contributed by atoms with Gasteiger partial charge in [-0.3, -0.25) is 24.0 Å². The molecular formula is C22H33N5O7. The number of carboxylic acids is 1. The molecule has 0 heterocycles. The van der Waals surface area contributed by atoms with Crippen LogP contribution in [0.15, 0.2) is 24.3 Å². The minimum Gasteiger partial charge on any atom is -0.508 e. The highest BCUT2D eigenvalue weighted by Crippen LogP contribution is 2.12. The number of carboxylic acid groups (broad SMARTS) is 1. The summed E-state index contributed by atoms with van der Waals surface area (Å²) in [5.74, 6) is -4.30. The Labute approximate surface area is 197 Å². The lowest BCUT2D eigenvalue weighted by molar-refractivity contribution is -0.142. The van der Waals surface area contributed by atoms with Crippen molar-refractivity contribution in [3.8, 4) is 5.75 Å². The molecule has 1 aromatic carbocycles. The number of phenolic OH excluding ortho intramolecular Hbond substituents is 1. The van der Waals surface area contributed by atoms with E-state index in [1.807, 2.05) is 0 Å². The fourth-order valence-corrected chi connectivity index (χ4v) is 2.94. The van der Waals surface area contributed by atoms with E-state index in [1.165, 1.54) is 19.1 Å². The fraction of sp³-hybridized carbons (Fsp3) is 0.500. The number of phenols is 1. The first kappa shape index (κ1) is 28.4. The molecule has 0 aliphatic heterocycles. The number of carbonyl (C=O) groups excluding carboxylic acids is 4. The summed E-state index contributed by atoms with van der Waals surface area (Å²) in [6.45, 7) is 4.63. The van der Waals surface area contributed by atoms with Crippen molar-refractivity contribution in [2.45, 2.75) is 64.2 Å². The first-order chi connectivity index (χ1) is 15.8. The van der Waals surface area contributed by atoms with Crippen LogP contribution in [-0.4, -0.2) is 64.0 Å². The summed E-state index contributed by atoms with van der Waals surface area (Å²) >= 11 is 0. The van der Waals surface area contributed by atoms with Gasteiger partial charge in [0.2, 0.25) is 23.6 Å². The number of aromatic hydroxyl groups is 1. The molecule has 0 aromatic heterocycles. The van der Waals surface area contributed by atoms with Crippen LogP contribution in [0, 0.1) is 5.92 Å². The first-order valence-corrected chi connectivity index (χ1v) is 10.8. The molecule has 1 rings (SSSR count). The van der Waals surface area contributed by atoms with E-state index < -0.39 is 59.7 Å². The van der Waals surface area contributed by atoms with Crippen molar-refractivity contribution >= 4 is 29.6 Å². The Morgan fingerprint density at radius 3 is 2.00 bits per heavy atom. The van der Waals surface area contributed by atoms with Crippen molar-refractivity contribution in [2.24, 2.45) is 17.4 Å². The van der Waals surface area contributed by atoms with Gasteiger partial charge in [0.15, 0.2) is 0 Å². The Kier molecular flexibility index (Phi) is 11.0. The average molecular weight is 480 g/mol. The smallest absolute Gasteiger partial charge is 0.325 e. The highest BCUT2D eigenvalue weighted by atomic mass is 16.4. The summed E-state index contributed by atoms with van der Waals surface area (Å²) in [6, 6.07) is 1.49. The third-order valence-electron chi connectivity index (χ3n) is 5.02. The number of aliphatic carboxylic acids is 1. The second-order valence-electron chi connectivity index (χ2n) is 8.34. The van der Waals surface area contributed by atoms with Gasteiger partial charge < -0.3 is 37.6 Å². The monoisotopic (exact) mass is 479 g/mol. The van der Waals surface area contributed by atoms with E-state index in [-0.39, 0.29) is 25.0 Å². The van der Waals surface area contributed by atoms with E-state index in [9.17, 15) is 29.1 Å². The molecule has 34 heavy (non-hydrogen) atoms. The van der Waals surface area contributed by atoms with E-state index in [2.05, 4.69) is 16.0 Å². The zero-order chi connectivity index (χ0) is 26.0. The van der Waals surface area contributed by atoms with Gasteiger partial charge in [-0.15, -0.1) is 0 Å². The Morgan fingerprint density at radius 1 is 0.912 bits per heavy atom. The van der Waals surface area contributed by atoms with Crippen molar-refractivity contribution in [1.82, 2.24) is 16.0 Å². The highest BCUT2D eigenvalue weighted by Gasteiger charge is 2.31. The number of rotatable bonds is 13. The first-order valence-electron chi connectivity index (χ1n) is 10.8. The van der Waals surface area contributed by atoms with Crippen LogP contribution in [0.25, 0.3) is 0 Å². The lowest BCUT2D eigenvalue weighted by Crippen LogP contribution is -2.58. The Bertz CT molecular complexity index is 888. The van der Waals surface area contributed by atoms with Gasteiger partial charge in [0, 0.05) is 12.8 Å². The minimum absolute atomic E-state index is 0.0123. The Morgan fingerprint density at radius 2 is 1.50 bits per heavy atom. The molecule has 4 amide bonds. The number of hydrogen-bond acceptors (Lipinski definition) is 7. The molecule has 188 valence electrons. The molecule has 0 radical (unpaired) electrons. The molecule has 0 bridgehead atoms. The second kappa shape index (κ2) is 13.1. The average Bonchev–Trinajstić information content (AvgIpc) is 2.75. The molecule has 0 saturated heterocycles. The highest BCUT2D eigenvalue weighted by molar-refractivity contribution is 5.94. The lowest BCUT2D eigenvalue weighted by atomic mass is 10.00. The van der Waals surface area contributed by atoms with Crippen molar-refractivity contribution in [3.63, 3.8) is 0 Å². The fourth-order valence-electron chi connectivity index (χ4n) is 2.94. The van der Waals surface area contributed by atoms with E-state index in [4.69, 9.17) is 16.6 Å². The van der Waals surface area contributed by atoms with E-state index in [0.29, 0.717) is 5.56 Å². The summed E-state index contributed by atoms with van der Waals surface area (Å²) in [5.41, 5.74) is 11.5. The second-order valence-corrected chi connectivity index (χ2v) is 8.34. The van der Waals surface area contributed by atoms with Gasteiger partial charge in [-0.2, -0.15) is 0 Å². The molecule has 0 saturated carbocycles. The van der Waals surface area contributed by atoms with Gasteiger partial charge in [-0.1, -0.05) is 26.0 Å². The SMILES string of the molecule is CC(NC(=O)C(NC(=O)C(Cc1ccc(O)cc1)NC(=O)C(N)CCC(N)=O)C(C)C)C(=O)O. The van der Waals surface area contributed by atoms with Gasteiger partial charge in [-0.05, 0) is 37.0 Å². The minimum atomic E-state index is -1.23. The van der Waals surface area contributed by atoms with Gasteiger partial charge in [0.1, 0.15) is 23.9 Å². The topological polar surface area (TPSA) is 214 Å². The number of carbonyl (C=O) groups is 5. The Hall–Kier alpha value is -3.67. The summed E-state index contributed by atoms with van der Waals surface area (Å²) in [7, 11) is 0. The largest absolute Gasteiger partial charge is 0.508 e. The van der Waals surface area contributed by atoms with Crippen molar-refractivity contribution in [1.29, 1.82) is 0 Å². The van der Waals surface area contributed by atoms with Crippen LogP contribution >= 0.6 is 0 Å². The van der Waals surface area contributed by atoms with Gasteiger partial charge in [0.05, 0.1) is 6.04 Å². The molecule has 0 aliphatic rings. The number of amides is 4. The van der Waals surface area contributed by atoms with Crippen LogP contribution in [0.1, 0.15) is 39.2 Å². The van der Waals surface area contributed by atoms with Crippen molar-refractivity contribution < 1.29 is 34.2 Å². The lowest BCUT2D eigenvalue weighted by Gasteiger charge is -2.26. The predicted molar refractivity (Wildman–Crippen MR) is 122 cm³/mol. The van der Waals surface area contributed by atoms with Crippen LogP contribution < -0.4 is 27.4 Å². The van der Waals surface area contributed by atoms with Crippen LogP contribution in [0.2, 0.25) is 0 Å².